The average Bonchev–Trinajstić information content (AvgIpc) is 3.05. The molecule has 2 N–H and O–H groups in total. The first-order chi connectivity index (χ1) is 9.35. The lowest BCUT2D eigenvalue weighted by atomic mass is 10.1. The highest BCUT2D eigenvalue weighted by atomic mass is 35.5. The number of nitrogens with two attached hydrogens (primary N) is 1. The molecule has 3 rings (SSSR count). The van der Waals surface area contributed by atoms with Gasteiger partial charge in [0.05, 0.1) is 0 Å². The zero-order valence-electron chi connectivity index (χ0n) is 10.0. The van der Waals surface area contributed by atoms with Gasteiger partial charge in [-0.25, -0.2) is 4.68 Å². The van der Waals surface area contributed by atoms with Crippen molar-refractivity contribution in [3.05, 3.63) is 23.2 Å². The number of nitrogens with zero attached hydrogens (tertiary/aromatic N) is 4. The van der Waals surface area contributed by atoms with Gasteiger partial charge in [0.15, 0.2) is 11.4 Å². The Kier molecular flexibility index (Phi) is 2.69. The molecule has 1 aliphatic carbocycles. The van der Waals surface area contributed by atoms with Gasteiger partial charge in [0.2, 0.25) is 0 Å². The summed E-state index contributed by atoms with van der Waals surface area (Å²) in [5, 5.41) is 10.9. The van der Waals surface area contributed by atoms with Crippen LogP contribution in [0.25, 0.3) is 11.4 Å². The van der Waals surface area contributed by atoms with Crippen LogP contribution in [0.4, 0.5) is 18.9 Å². The van der Waals surface area contributed by atoms with Gasteiger partial charge >= 0.3 is 6.18 Å². The zero-order valence-corrected chi connectivity index (χ0v) is 10.8. The van der Waals surface area contributed by atoms with Crippen molar-refractivity contribution in [3.8, 4) is 11.4 Å². The molecule has 0 atom stereocenters. The predicted molar refractivity (Wildman–Crippen MR) is 65.9 cm³/mol. The van der Waals surface area contributed by atoms with Crippen LogP contribution in [0.1, 0.15) is 12.8 Å². The molecule has 1 fully saturated rings. The number of rotatable bonds is 2. The topological polar surface area (TPSA) is 69.6 Å². The van der Waals surface area contributed by atoms with E-state index in [4.69, 9.17) is 17.3 Å². The molecule has 20 heavy (non-hydrogen) atoms. The number of alkyl halides is 3. The highest BCUT2D eigenvalue weighted by Gasteiger charge is 2.66. The van der Waals surface area contributed by atoms with Crippen molar-refractivity contribution in [2.75, 3.05) is 5.73 Å². The van der Waals surface area contributed by atoms with Crippen molar-refractivity contribution >= 4 is 17.3 Å². The number of nitrogen functional groups attached to an aromatic ring is 1. The van der Waals surface area contributed by atoms with Crippen LogP contribution in [-0.4, -0.2) is 26.4 Å². The minimum atomic E-state index is -4.41. The van der Waals surface area contributed by atoms with Gasteiger partial charge in [-0.2, -0.15) is 13.2 Å². The lowest BCUT2D eigenvalue weighted by Crippen LogP contribution is -2.36. The van der Waals surface area contributed by atoms with Gasteiger partial charge < -0.3 is 5.73 Å². The molecule has 106 valence electrons. The molecule has 2 aromatic rings. The Morgan fingerprint density at radius 3 is 2.60 bits per heavy atom. The van der Waals surface area contributed by atoms with E-state index in [-0.39, 0.29) is 29.9 Å². The third-order valence-corrected chi connectivity index (χ3v) is 3.62. The van der Waals surface area contributed by atoms with Crippen LogP contribution < -0.4 is 5.73 Å². The molecule has 0 aliphatic heterocycles. The molecule has 1 aromatic heterocycles. The summed E-state index contributed by atoms with van der Waals surface area (Å²) in [5.41, 5.74) is 4.30. The van der Waals surface area contributed by atoms with Crippen LogP contribution in [0.15, 0.2) is 18.2 Å². The summed E-state index contributed by atoms with van der Waals surface area (Å²) in [5.74, 6) is -0.0279. The molecule has 0 saturated heterocycles. The number of benzene rings is 1. The van der Waals surface area contributed by atoms with Crippen LogP contribution >= 0.6 is 11.6 Å². The maximum atomic E-state index is 13.2. The third kappa shape index (κ3) is 1.82. The highest BCUT2D eigenvalue weighted by molar-refractivity contribution is 6.31. The number of hydrogen-bond donors (Lipinski definition) is 1. The number of aromatic nitrogens is 4. The third-order valence-electron chi connectivity index (χ3n) is 3.38. The Morgan fingerprint density at radius 2 is 2.00 bits per heavy atom. The van der Waals surface area contributed by atoms with E-state index in [0.29, 0.717) is 5.02 Å². The number of tetrazole rings is 1. The van der Waals surface area contributed by atoms with Crippen LogP contribution in [0, 0.1) is 0 Å². The second kappa shape index (κ2) is 4.08. The van der Waals surface area contributed by atoms with Crippen LogP contribution in [0.3, 0.4) is 0 Å². The molecule has 0 amide bonds. The van der Waals surface area contributed by atoms with Crippen molar-refractivity contribution in [3.63, 3.8) is 0 Å². The molecule has 9 heteroatoms. The molecule has 0 unspecified atom stereocenters. The highest BCUT2D eigenvalue weighted by Crippen LogP contribution is 2.56. The van der Waals surface area contributed by atoms with E-state index in [9.17, 15) is 13.2 Å². The largest absolute Gasteiger partial charge is 0.413 e. The minimum Gasteiger partial charge on any atom is -0.398 e. The Hall–Kier alpha value is -1.83. The van der Waals surface area contributed by atoms with E-state index in [1.165, 1.54) is 12.1 Å². The van der Waals surface area contributed by atoms with Crippen LogP contribution in [0.5, 0.6) is 0 Å². The Morgan fingerprint density at radius 1 is 1.30 bits per heavy atom. The second-order valence-corrected chi connectivity index (χ2v) is 5.11. The maximum Gasteiger partial charge on any atom is 0.413 e. The molecule has 1 aliphatic rings. The summed E-state index contributed by atoms with van der Waals surface area (Å²) < 4.78 is 40.3. The number of anilines is 1. The summed E-state index contributed by atoms with van der Waals surface area (Å²) in [4.78, 5) is 0. The first kappa shape index (κ1) is 13.2. The van der Waals surface area contributed by atoms with Crippen molar-refractivity contribution in [1.82, 2.24) is 20.2 Å². The normalized spacial score (nSPS) is 17.2. The number of halogens is 4. The first-order valence-corrected chi connectivity index (χ1v) is 6.14. The van der Waals surface area contributed by atoms with E-state index >= 15 is 0 Å². The van der Waals surface area contributed by atoms with Crippen molar-refractivity contribution in [2.24, 2.45) is 0 Å². The number of hydrogen-bond acceptors (Lipinski definition) is 4. The minimum absolute atomic E-state index is 0.0279. The van der Waals surface area contributed by atoms with Gasteiger partial charge in [-0.1, -0.05) is 11.6 Å². The summed E-state index contributed by atoms with van der Waals surface area (Å²) in [7, 11) is 0. The molecule has 0 radical (unpaired) electrons. The second-order valence-electron chi connectivity index (χ2n) is 4.68. The Balaban J connectivity index is 2.15. The van der Waals surface area contributed by atoms with E-state index < -0.39 is 11.7 Å². The zero-order chi connectivity index (χ0) is 14.5. The van der Waals surface area contributed by atoms with E-state index in [1.54, 1.807) is 6.07 Å². The lowest BCUT2D eigenvalue weighted by Gasteiger charge is -2.20. The Bertz CT molecular complexity index is 662. The van der Waals surface area contributed by atoms with Crippen LogP contribution in [0.2, 0.25) is 5.02 Å². The first-order valence-electron chi connectivity index (χ1n) is 5.76. The fraction of sp³-hybridized carbons (Fsp3) is 0.364. The van der Waals surface area contributed by atoms with E-state index in [1.807, 2.05) is 0 Å². The van der Waals surface area contributed by atoms with E-state index in [0.717, 1.165) is 4.68 Å². The van der Waals surface area contributed by atoms with Gasteiger partial charge in [0, 0.05) is 16.3 Å². The molecular weight excluding hydrogens is 295 g/mol. The van der Waals surface area contributed by atoms with Gasteiger partial charge in [0.25, 0.3) is 0 Å². The molecule has 5 nitrogen and oxygen atoms in total. The SMILES string of the molecule is Nc1ccc(Cl)cc1-c1nnnn1C1(C(F)(F)F)CC1. The van der Waals surface area contributed by atoms with Crippen LogP contribution in [-0.2, 0) is 5.54 Å². The lowest BCUT2D eigenvalue weighted by molar-refractivity contribution is -0.182. The van der Waals surface area contributed by atoms with E-state index in [2.05, 4.69) is 15.5 Å². The monoisotopic (exact) mass is 303 g/mol. The van der Waals surface area contributed by atoms with Gasteiger partial charge in [-0.05, 0) is 41.5 Å². The van der Waals surface area contributed by atoms with Crippen molar-refractivity contribution < 1.29 is 13.2 Å². The molecule has 1 heterocycles. The molecule has 1 saturated carbocycles. The molecule has 0 spiro atoms. The quantitative estimate of drug-likeness (QED) is 0.866. The predicted octanol–water partition coefficient (Wildman–Crippen LogP) is 2.63. The van der Waals surface area contributed by atoms with Gasteiger partial charge in [-0.15, -0.1) is 5.10 Å². The summed E-state index contributed by atoms with van der Waals surface area (Å²) in [6.45, 7) is 0. The Labute approximate surface area is 116 Å². The standard InChI is InChI=1S/C11H9ClF3N5/c12-6-1-2-8(16)7(5-6)9-17-18-19-20(9)10(3-4-10)11(13,14)15/h1-2,5H,3-4,16H2. The van der Waals surface area contributed by atoms with Crippen molar-refractivity contribution in [2.45, 2.75) is 24.6 Å². The smallest absolute Gasteiger partial charge is 0.398 e. The fourth-order valence-electron chi connectivity index (χ4n) is 2.10. The average molecular weight is 304 g/mol. The van der Waals surface area contributed by atoms with Crippen molar-refractivity contribution in [1.29, 1.82) is 0 Å². The summed E-state index contributed by atoms with van der Waals surface area (Å²) >= 11 is 5.85. The summed E-state index contributed by atoms with van der Waals surface area (Å²) in [6, 6.07) is 4.50. The van der Waals surface area contributed by atoms with Gasteiger partial charge in [-0.3, -0.25) is 0 Å². The summed E-state index contributed by atoms with van der Waals surface area (Å²) in [6.07, 6.45) is -4.51. The fourth-order valence-corrected chi connectivity index (χ4v) is 2.27. The van der Waals surface area contributed by atoms with Gasteiger partial charge in [0.1, 0.15) is 0 Å². The maximum absolute atomic E-state index is 13.2. The molecule has 0 bridgehead atoms. The molecular formula is C11H9ClF3N5. The molecule has 1 aromatic carbocycles.